The van der Waals surface area contributed by atoms with E-state index in [2.05, 4.69) is 12.2 Å². The smallest absolute Gasteiger partial charge is 0.123 e. The third-order valence-electron chi connectivity index (χ3n) is 2.67. The van der Waals surface area contributed by atoms with Crippen LogP contribution in [0.2, 0.25) is 0 Å². The fraction of sp³-hybridized carbons (Fsp3) is 0.600. The van der Waals surface area contributed by atoms with Crippen LogP contribution < -0.4 is 11.1 Å². The van der Waals surface area contributed by atoms with Crippen LogP contribution in [0.5, 0.6) is 0 Å². The maximum atomic E-state index is 5.97. The molecule has 0 radical (unpaired) electrons. The van der Waals surface area contributed by atoms with Crippen molar-refractivity contribution in [2.45, 2.75) is 19.1 Å². The van der Waals surface area contributed by atoms with Crippen molar-refractivity contribution in [2.24, 2.45) is 11.7 Å². The molecule has 14 heavy (non-hydrogen) atoms. The second-order valence-electron chi connectivity index (χ2n) is 3.82. The van der Waals surface area contributed by atoms with Crippen molar-refractivity contribution in [3.63, 3.8) is 0 Å². The Morgan fingerprint density at radius 3 is 3.21 bits per heavy atom. The summed E-state index contributed by atoms with van der Waals surface area (Å²) in [5.41, 5.74) is 5.55. The fourth-order valence-corrected chi connectivity index (χ4v) is 2.20. The number of morpholine rings is 1. The van der Waals surface area contributed by atoms with E-state index in [-0.39, 0.29) is 12.1 Å². The molecule has 2 aliphatic rings. The van der Waals surface area contributed by atoms with Gasteiger partial charge in [0.2, 0.25) is 0 Å². The van der Waals surface area contributed by atoms with Crippen molar-refractivity contribution in [3.8, 4) is 0 Å². The normalized spacial score (nSPS) is 36.6. The molecule has 78 valence electrons. The number of nitrogens with two attached hydrogens (primary N) is 1. The molecule has 3 atom stereocenters. The number of rotatable bonds is 1. The lowest BCUT2D eigenvalue weighted by Crippen LogP contribution is -2.50. The van der Waals surface area contributed by atoms with Gasteiger partial charge in [0.15, 0.2) is 0 Å². The van der Waals surface area contributed by atoms with Crippen LogP contribution in [0.3, 0.4) is 0 Å². The zero-order valence-electron chi connectivity index (χ0n) is 8.16. The first-order chi connectivity index (χ1) is 6.70. The molecule has 3 nitrogen and oxygen atoms in total. The predicted molar refractivity (Wildman–Crippen MR) is 56.9 cm³/mol. The van der Waals surface area contributed by atoms with Gasteiger partial charge in [-0.2, -0.15) is 0 Å². The minimum atomic E-state index is 0.0762. The number of fused-ring (bicyclic) bond motifs is 1. The summed E-state index contributed by atoms with van der Waals surface area (Å²) in [5.74, 6) is 1.30. The van der Waals surface area contributed by atoms with Crippen LogP contribution in [0.1, 0.15) is 6.92 Å². The van der Waals surface area contributed by atoms with E-state index in [1.165, 1.54) is 0 Å². The van der Waals surface area contributed by atoms with E-state index in [1.54, 1.807) is 0 Å². The fourth-order valence-electron chi connectivity index (χ4n) is 1.90. The zero-order chi connectivity index (χ0) is 10.1. The van der Waals surface area contributed by atoms with Crippen LogP contribution in [0.15, 0.2) is 22.9 Å². The van der Waals surface area contributed by atoms with Gasteiger partial charge in [-0.15, -0.1) is 0 Å². The Balaban J connectivity index is 2.16. The topological polar surface area (TPSA) is 47.3 Å². The quantitative estimate of drug-likeness (QED) is 0.684. The molecule has 1 heterocycles. The number of hydrogen-bond donors (Lipinski definition) is 2. The van der Waals surface area contributed by atoms with Gasteiger partial charge < -0.3 is 15.8 Å². The van der Waals surface area contributed by atoms with Crippen LogP contribution >= 0.6 is 11.6 Å². The molecular weight excluding hydrogens is 200 g/mol. The van der Waals surface area contributed by atoms with E-state index in [0.717, 1.165) is 17.3 Å². The molecule has 0 saturated carbocycles. The first-order valence-electron chi connectivity index (χ1n) is 4.89. The second kappa shape index (κ2) is 3.93. The molecule has 1 aliphatic carbocycles. The molecule has 1 saturated heterocycles. The Bertz CT molecular complexity index is 288. The molecule has 1 fully saturated rings. The summed E-state index contributed by atoms with van der Waals surface area (Å²) in [4.78, 5) is 0. The average molecular weight is 215 g/mol. The molecular formula is C10H15ClN2O. The van der Waals surface area contributed by atoms with Crippen LogP contribution in [0.25, 0.3) is 0 Å². The molecule has 0 bridgehead atoms. The Kier molecular flexibility index (Phi) is 2.81. The summed E-state index contributed by atoms with van der Waals surface area (Å²) < 4.78 is 5.73. The lowest BCUT2D eigenvalue weighted by molar-refractivity contribution is 0.0614. The molecule has 0 aromatic heterocycles. The van der Waals surface area contributed by atoms with E-state index in [1.807, 2.05) is 12.2 Å². The maximum absolute atomic E-state index is 5.97. The summed E-state index contributed by atoms with van der Waals surface area (Å²) in [6.45, 7) is 3.47. The number of hydrogen-bond acceptors (Lipinski definition) is 3. The van der Waals surface area contributed by atoms with Gasteiger partial charge in [-0.25, -0.2) is 0 Å². The highest BCUT2D eigenvalue weighted by molar-refractivity contribution is 6.31. The summed E-state index contributed by atoms with van der Waals surface area (Å²) >= 11 is 5.97. The number of allylic oxidation sites excluding steroid dienone is 2. The molecule has 3 N–H and O–H groups in total. The van der Waals surface area contributed by atoms with Crippen molar-refractivity contribution in [2.75, 3.05) is 13.1 Å². The van der Waals surface area contributed by atoms with E-state index in [9.17, 15) is 0 Å². The molecule has 4 heteroatoms. The Morgan fingerprint density at radius 2 is 2.50 bits per heavy atom. The maximum Gasteiger partial charge on any atom is 0.123 e. The highest BCUT2D eigenvalue weighted by Gasteiger charge is 2.31. The van der Waals surface area contributed by atoms with Gasteiger partial charge in [0.25, 0.3) is 0 Å². The van der Waals surface area contributed by atoms with Gasteiger partial charge in [0.1, 0.15) is 11.9 Å². The van der Waals surface area contributed by atoms with Gasteiger partial charge in [0, 0.05) is 18.1 Å². The van der Waals surface area contributed by atoms with Crippen LogP contribution in [-0.2, 0) is 4.74 Å². The van der Waals surface area contributed by atoms with E-state index in [4.69, 9.17) is 22.1 Å². The molecule has 0 spiro atoms. The van der Waals surface area contributed by atoms with Gasteiger partial charge in [-0.1, -0.05) is 24.6 Å². The molecule has 0 aromatic carbocycles. The third kappa shape index (κ3) is 1.80. The molecule has 2 rings (SSSR count). The average Bonchev–Trinajstić information content (AvgIpc) is 2.16. The number of ether oxygens (including phenoxy) is 1. The van der Waals surface area contributed by atoms with Gasteiger partial charge >= 0.3 is 0 Å². The van der Waals surface area contributed by atoms with Crippen molar-refractivity contribution < 1.29 is 4.74 Å². The van der Waals surface area contributed by atoms with Gasteiger partial charge in [-0.3, -0.25) is 0 Å². The lowest BCUT2D eigenvalue weighted by Gasteiger charge is -2.36. The largest absolute Gasteiger partial charge is 0.490 e. The van der Waals surface area contributed by atoms with Crippen LogP contribution in [0.4, 0.5) is 0 Å². The van der Waals surface area contributed by atoms with Crippen molar-refractivity contribution >= 4 is 11.6 Å². The monoisotopic (exact) mass is 214 g/mol. The minimum Gasteiger partial charge on any atom is -0.490 e. The standard InChI is InChI=1S/C10H15ClN2O/c1-6-2-7(11)3-9-10(6)13-5-8(4-12)14-9/h2-3,6,8,10,13H,4-5,12H2,1H3. The molecule has 0 amide bonds. The molecule has 0 aromatic rings. The Morgan fingerprint density at radius 1 is 1.71 bits per heavy atom. The molecule has 3 unspecified atom stereocenters. The van der Waals surface area contributed by atoms with E-state index >= 15 is 0 Å². The zero-order valence-corrected chi connectivity index (χ0v) is 8.92. The molecule has 1 aliphatic heterocycles. The van der Waals surface area contributed by atoms with Crippen LogP contribution in [-0.4, -0.2) is 25.2 Å². The van der Waals surface area contributed by atoms with Crippen LogP contribution in [0, 0.1) is 5.92 Å². The summed E-state index contributed by atoms with van der Waals surface area (Å²) in [7, 11) is 0. The van der Waals surface area contributed by atoms with Crippen molar-refractivity contribution in [1.29, 1.82) is 0 Å². The number of halogens is 1. The Labute approximate surface area is 88.9 Å². The summed E-state index contributed by atoms with van der Waals surface area (Å²) in [6.07, 6.45) is 3.99. The lowest BCUT2D eigenvalue weighted by atomic mass is 9.94. The number of nitrogens with one attached hydrogen (secondary N) is 1. The summed E-state index contributed by atoms with van der Waals surface area (Å²) in [5, 5.41) is 4.17. The van der Waals surface area contributed by atoms with E-state index < -0.39 is 0 Å². The highest BCUT2D eigenvalue weighted by atomic mass is 35.5. The SMILES string of the molecule is CC1C=C(Cl)C=C2OC(CN)CNC21. The van der Waals surface area contributed by atoms with Gasteiger partial charge in [-0.05, 0) is 12.0 Å². The van der Waals surface area contributed by atoms with Crippen molar-refractivity contribution in [3.05, 3.63) is 22.9 Å². The first kappa shape index (κ1) is 10.0. The Hall–Kier alpha value is -0.510. The third-order valence-corrected chi connectivity index (χ3v) is 2.90. The summed E-state index contributed by atoms with van der Waals surface area (Å²) in [6, 6.07) is 0.264. The van der Waals surface area contributed by atoms with Crippen molar-refractivity contribution in [1.82, 2.24) is 5.32 Å². The first-order valence-corrected chi connectivity index (χ1v) is 5.27. The van der Waals surface area contributed by atoms with E-state index in [0.29, 0.717) is 12.5 Å². The predicted octanol–water partition coefficient (Wildman–Crippen LogP) is 0.958. The second-order valence-corrected chi connectivity index (χ2v) is 4.26. The minimum absolute atomic E-state index is 0.0762. The van der Waals surface area contributed by atoms with Gasteiger partial charge in [0.05, 0.1) is 6.04 Å². The highest BCUT2D eigenvalue weighted by Crippen LogP contribution is 2.28.